The van der Waals surface area contributed by atoms with Gasteiger partial charge in [-0.1, -0.05) is 12.1 Å². The minimum absolute atomic E-state index is 0.293. The van der Waals surface area contributed by atoms with Crippen LogP contribution in [0.25, 0.3) is 0 Å². The number of carbonyl (C=O) groups excluding carboxylic acids is 2. The molecule has 0 spiro atoms. The van der Waals surface area contributed by atoms with Crippen molar-refractivity contribution >= 4 is 23.2 Å². The minimum atomic E-state index is -4.63. The van der Waals surface area contributed by atoms with E-state index in [0.29, 0.717) is 6.07 Å². The van der Waals surface area contributed by atoms with Crippen LogP contribution < -0.4 is 10.6 Å². The van der Waals surface area contributed by atoms with E-state index in [1.807, 2.05) is 5.32 Å². The van der Waals surface area contributed by atoms with E-state index in [9.17, 15) is 31.5 Å². The first-order valence-corrected chi connectivity index (χ1v) is 6.42. The lowest BCUT2D eigenvalue weighted by Crippen LogP contribution is -2.30. The first-order valence-electron chi connectivity index (χ1n) is 6.42. The molecule has 0 saturated carbocycles. The Kier molecular flexibility index (Phi) is 4.82. The third kappa shape index (κ3) is 4.06. The summed E-state index contributed by atoms with van der Waals surface area (Å²) in [4.78, 5) is 23.3. The predicted molar refractivity (Wildman–Crippen MR) is 75.1 cm³/mol. The lowest BCUT2D eigenvalue weighted by molar-refractivity contribution is -0.137. The number of rotatable bonds is 2. The first-order chi connectivity index (χ1) is 11.2. The molecule has 0 atom stereocenters. The molecule has 0 aliphatic carbocycles. The van der Waals surface area contributed by atoms with Gasteiger partial charge >= 0.3 is 18.0 Å². The van der Waals surface area contributed by atoms with Crippen molar-refractivity contribution in [2.45, 2.75) is 6.18 Å². The molecule has 0 heterocycles. The fourth-order valence-electron chi connectivity index (χ4n) is 1.75. The minimum Gasteiger partial charge on any atom is -0.318 e. The van der Waals surface area contributed by atoms with Gasteiger partial charge in [0.2, 0.25) is 0 Å². The maximum Gasteiger partial charge on any atom is 0.416 e. The summed E-state index contributed by atoms with van der Waals surface area (Å²) in [6.45, 7) is 0. The number of alkyl halides is 3. The molecule has 0 fully saturated rings. The molecular formula is C15H9F5N2O2. The molecule has 0 unspecified atom stereocenters. The van der Waals surface area contributed by atoms with Crippen LogP contribution in [0.5, 0.6) is 0 Å². The maximum atomic E-state index is 13.4. The molecule has 2 aromatic carbocycles. The SMILES string of the molecule is O=C(Nc1cccc(C(F)(F)F)c1)C(=O)Nc1c(F)cccc1F. The van der Waals surface area contributed by atoms with Crippen molar-refractivity contribution in [3.05, 3.63) is 59.7 Å². The van der Waals surface area contributed by atoms with Gasteiger partial charge in [0, 0.05) is 5.69 Å². The van der Waals surface area contributed by atoms with Crippen molar-refractivity contribution in [1.82, 2.24) is 0 Å². The van der Waals surface area contributed by atoms with Crippen LogP contribution in [-0.2, 0) is 15.8 Å². The number of amides is 2. The highest BCUT2D eigenvalue weighted by Crippen LogP contribution is 2.30. The number of halogens is 5. The Morgan fingerprint density at radius 2 is 1.38 bits per heavy atom. The van der Waals surface area contributed by atoms with Crippen molar-refractivity contribution < 1.29 is 31.5 Å². The molecule has 0 aliphatic heterocycles. The Morgan fingerprint density at radius 3 is 1.96 bits per heavy atom. The highest BCUT2D eigenvalue weighted by molar-refractivity contribution is 6.43. The molecule has 0 saturated heterocycles. The van der Waals surface area contributed by atoms with E-state index in [1.54, 1.807) is 5.32 Å². The average Bonchev–Trinajstić information content (AvgIpc) is 2.50. The number of anilines is 2. The summed E-state index contributed by atoms with van der Waals surface area (Å²) < 4.78 is 64.4. The normalized spacial score (nSPS) is 11.0. The van der Waals surface area contributed by atoms with Crippen molar-refractivity contribution in [3.63, 3.8) is 0 Å². The van der Waals surface area contributed by atoms with Crippen LogP contribution in [0.15, 0.2) is 42.5 Å². The standard InChI is InChI=1S/C15H9F5N2O2/c16-10-5-2-6-11(17)12(10)22-14(24)13(23)21-9-4-1-3-8(7-9)15(18,19)20/h1-7H,(H,21,23)(H,22,24). The molecule has 0 radical (unpaired) electrons. The van der Waals surface area contributed by atoms with Crippen molar-refractivity contribution in [2.24, 2.45) is 0 Å². The largest absolute Gasteiger partial charge is 0.416 e. The van der Waals surface area contributed by atoms with E-state index in [2.05, 4.69) is 0 Å². The fourth-order valence-corrected chi connectivity index (χ4v) is 1.75. The third-order valence-corrected chi connectivity index (χ3v) is 2.86. The van der Waals surface area contributed by atoms with Gasteiger partial charge in [0.25, 0.3) is 0 Å². The molecule has 9 heteroatoms. The van der Waals surface area contributed by atoms with Crippen LogP contribution in [0.2, 0.25) is 0 Å². The van der Waals surface area contributed by atoms with Crippen molar-refractivity contribution in [3.8, 4) is 0 Å². The molecule has 0 aromatic heterocycles. The summed E-state index contributed by atoms with van der Waals surface area (Å²) in [5.74, 6) is -5.01. The Labute approximate surface area is 132 Å². The summed E-state index contributed by atoms with van der Waals surface area (Å²) in [5, 5.41) is 3.64. The van der Waals surface area contributed by atoms with E-state index < -0.39 is 40.9 Å². The van der Waals surface area contributed by atoms with Gasteiger partial charge in [0.05, 0.1) is 5.56 Å². The lowest BCUT2D eigenvalue weighted by Gasteiger charge is -2.10. The first kappa shape index (κ1) is 17.4. The molecule has 24 heavy (non-hydrogen) atoms. The van der Waals surface area contributed by atoms with Crippen molar-refractivity contribution in [2.75, 3.05) is 10.6 Å². The molecule has 2 N–H and O–H groups in total. The second-order valence-electron chi connectivity index (χ2n) is 4.58. The Balaban J connectivity index is 2.11. The Hall–Kier alpha value is -2.97. The molecule has 126 valence electrons. The van der Waals surface area contributed by atoms with Gasteiger partial charge in [-0.2, -0.15) is 13.2 Å². The van der Waals surface area contributed by atoms with Gasteiger partial charge in [-0.15, -0.1) is 0 Å². The van der Waals surface area contributed by atoms with Crippen LogP contribution in [0.1, 0.15) is 5.56 Å². The quantitative estimate of drug-likeness (QED) is 0.646. The summed E-state index contributed by atoms with van der Waals surface area (Å²) in [6.07, 6.45) is -4.63. The second-order valence-corrected chi connectivity index (χ2v) is 4.58. The Morgan fingerprint density at radius 1 is 0.833 bits per heavy atom. The Bertz CT molecular complexity index is 769. The summed E-state index contributed by atoms with van der Waals surface area (Å²) >= 11 is 0. The van der Waals surface area contributed by atoms with Gasteiger partial charge in [-0.05, 0) is 30.3 Å². The monoisotopic (exact) mass is 344 g/mol. The van der Waals surface area contributed by atoms with Crippen LogP contribution in [0, 0.1) is 11.6 Å². The van der Waals surface area contributed by atoms with E-state index in [0.717, 1.165) is 36.4 Å². The van der Waals surface area contributed by atoms with Gasteiger partial charge in [0.1, 0.15) is 17.3 Å². The van der Waals surface area contributed by atoms with E-state index in [1.165, 1.54) is 0 Å². The van der Waals surface area contributed by atoms with Crippen LogP contribution >= 0.6 is 0 Å². The number of hydrogen-bond donors (Lipinski definition) is 2. The van der Waals surface area contributed by atoms with Gasteiger partial charge < -0.3 is 10.6 Å². The van der Waals surface area contributed by atoms with Crippen molar-refractivity contribution in [1.29, 1.82) is 0 Å². The number of benzene rings is 2. The summed E-state index contributed by atoms with van der Waals surface area (Å²) in [7, 11) is 0. The molecule has 0 aliphatic rings. The third-order valence-electron chi connectivity index (χ3n) is 2.86. The number of hydrogen-bond acceptors (Lipinski definition) is 2. The maximum absolute atomic E-state index is 13.4. The number of carbonyl (C=O) groups is 2. The highest BCUT2D eigenvalue weighted by Gasteiger charge is 2.30. The zero-order valence-corrected chi connectivity index (χ0v) is 11.7. The zero-order valence-electron chi connectivity index (χ0n) is 11.7. The predicted octanol–water partition coefficient (Wildman–Crippen LogP) is 3.56. The zero-order chi connectivity index (χ0) is 17.9. The topological polar surface area (TPSA) is 58.2 Å². The highest BCUT2D eigenvalue weighted by atomic mass is 19.4. The van der Waals surface area contributed by atoms with Crippen LogP contribution in [0.3, 0.4) is 0 Å². The molecule has 2 amide bonds. The van der Waals surface area contributed by atoms with Crippen LogP contribution in [-0.4, -0.2) is 11.8 Å². The van der Waals surface area contributed by atoms with E-state index in [4.69, 9.17) is 0 Å². The number of para-hydroxylation sites is 1. The molecular weight excluding hydrogens is 335 g/mol. The number of nitrogens with one attached hydrogen (secondary N) is 2. The van der Waals surface area contributed by atoms with E-state index >= 15 is 0 Å². The molecule has 2 aromatic rings. The summed E-state index contributed by atoms with van der Waals surface area (Å²) in [5.41, 5.74) is -2.15. The molecule has 2 rings (SSSR count). The van der Waals surface area contributed by atoms with Crippen LogP contribution in [0.4, 0.5) is 33.3 Å². The average molecular weight is 344 g/mol. The fraction of sp³-hybridized carbons (Fsp3) is 0.0667. The molecule has 0 bridgehead atoms. The van der Waals surface area contributed by atoms with E-state index in [-0.39, 0.29) is 5.69 Å². The summed E-state index contributed by atoms with van der Waals surface area (Å²) in [6, 6.07) is 6.35. The van der Waals surface area contributed by atoms with Gasteiger partial charge in [-0.25, -0.2) is 8.78 Å². The van der Waals surface area contributed by atoms with Gasteiger partial charge in [-0.3, -0.25) is 9.59 Å². The second kappa shape index (κ2) is 6.65. The molecule has 4 nitrogen and oxygen atoms in total. The smallest absolute Gasteiger partial charge is 0.318 e. The lowest BCUT2D eigenvalue weighted by atomic mass is 10.2. The van der Waals surface area contributed by atoms with Gasteiger partial charge in [0.15, 0.2) is 0 Å².